The molecule has 4 N–H and O–H groups in total. The fourth-order valence-electron chi connectivity index (χ4n) is 10.4. The number of likely N-dealkylation sites (N-methyl/N-ethyl adjacent to an activating group) is 2. The molecule has 0 unspecified atom stereocenters. The second kappa shape index (κ2) is 25.7. The molecule has 1 aliphatic carbocycles. The lowest BCUT2D eigenvalue weighted by molar-refractivity contribution is -0.145. The van der Waals surface area contributed by atoms with Crippen LogP contribution < -0.4 is 21.3 Å². The topological polar surface area (TPSA) is 163 Å². The predicted octanol–water partition coefficient (Wildman–Crippen LogP) is 5.53. The van der Waals surface area contributed by atoms with Gasteiger partial charge >= 0.3 is 0 Å². The van der Waals surface area contributed by atoms with Gasteiger partial charge in [-0.25, -0.2) is 0 Å². The highest BCUT2D eigenvalue weighted by molar-refractivity contribution is 5.92. The number of hydrogen-bond donors (Lipinski definition) is 4. The van der Waals surface area contributed by atoms with Crippen LogP contribution in [0.15, 0.2) is 86.0 Å². The van der Waals surface area contributed by atoms with Crippen molar-refractivity contribution in [1.29, 1.82) is 0 Å². The van der Waals surface area contributed by atoms with E-state index < -0.39 is 35.0 Å². The Morgan fingerprint density at radius 3 is 1.23 bits per heavy atom. The summed E-state index contributed by atoms with van der Waals surface area (Å²) in [6.07, 6.45) is 9.77. The van der Waals surface area contributed by atoms with Gasteiger partial charge in [-0.3, -0.25) is 28.8 Å². The fraction of sp³-hybridized carbons (Fsp3) is 0.607. The number of amides is 6. The van der Waals surface area contributed by atoms with Gasteiger partial charge in [-0.05, 0) is 100 Å². The zero-order valence-electron chi connectivity index (χ0n) is 43.5. The molecule has 0 aromatic heterocycles. The Labute approximate surface area is 418 Å². The third kappa shape index (κ3) is 14.8. The minimum Gasteiger partial charge on any atom is -0.342 e. The van der Waals surface area contributed by atoms with E-state index in [1.807, 2.05) is 97.5 Å². The van der Waals surface area contributed by atoms with Crippen molar-refractivity contribution in [2.24, 2.45) is 22.7 Å². The van der Waals surface area contributed by atoms with E-state index in [0.717, 1.165) is 36.8 Å². The Morgan fingerprint density at radius 1 is 0.586 bits per heavy atom. The van der Waals surface area contributed by atoms with E-state index in [1.54, 1.807) is 14.1 Å². The molecule has 1 saturated carbocycles. The third-order valence-corrected chi connectivity index (χ3v) is 14.7. The molecule has 5 rings (SSSR count). The van der Waals surface area contributed by atoms with Gasteiger partial charge in [0.15, 0.2) is 0 Å². The van der Waals surface area contributed by atoms with E-state index in [1.165, 1.54) is 12.2 Å². The average Bonchev–Trinajstić information content (AvgIpc) is 4.02. The monoisotopic (exact) mass is 965 g/mol. The first-order chi connectivity index (χ1) is 33.3. The summed E-state index contributed by atoms with van der Waals surface area (Å²) in [4.78, 5) is 92.6. The van der Waals surface area contributed by atoms with Crippen LogP contribution in [0.5, 0.6) is 0 Å². The van der Waals surface area contributed by atoms with Crippen LogP contribution in [0.25, 0.3) is 0 Å². The van der Waals surface area contributed by atoms with Crippen LogP contribution >= 0.6 is 0 Å². The summed E-state index contributed by atoms with van der Waals surface area (Å²) < 4.78 is 0. The lowest BCUT2D eigenvalue weighted by Crippen LogP contribution is -2.59. The Bertz CT molecular complexity index is 1930. The van der Waals surface area contributed by atoms with Crippen molar-refractivity contribution < 1.29 is 28.8 Å². The molecule has 6 amide bonds. The summed E-state index contributed by atoms with van der Waals surface area (Å²) >= 11 is 0. The highest BCUT2D eigenvalue weighted by Crippen LogP contribution is 2.34. The van der Waals surface area contributed by atoms with Gasteiger partial charge in [0.05, 0.1) is 0 Å². The lowest BCUT2D eigenvalue weighted by atomic mass is 9.80. The summed E-state index contributed by atoms with van der Waals surface area (Å²) in [6.45, 7) is 22.1. The quantitative estimate of drug-likeness (QED) is 0.112. The predicted molar refractivity (Wildman–Crippen MR) is 277 cm³/mol. The Morgan fingerprint density at radius 2 is 0.929 bits per heavy atom. The zero-order valence-corrected chi connectivity index (χ0v) is 43.5. The van der Waals surface area contributed by atoms with Gasteiger partial charge in [0.1, 0.15) is 24.2 Å². The molecule has 3 fully saturated rings. The molecule has 2 aromatic rings. The first-order valence-corrected chi connectivity index (χ1v) is 25.8. The second-order valence-corrected chi connectivity index (χ2v) is 21.9. The molecule has 2 aromatic carbocycles. The van der Waals surface area contributed by atoms with Crippen LogP contribution in [0.1, 0.15) is 104 Å². The van der Waals surface area contributed by atoms with Crippen LogP contribution in [-0.4, -0.2) is 145 Å². The average molecular weight is 965 g/mol. The number of carbonyl (C=O) groups excluding carboxylic acids is 6. The van der Waals surface area contributed by atoms with Crippen LogP contribution in [0.4, 0.5) is 0 Å². The van der Waals surface area contributed by atoms with Gasteiger partial charge in [-0.15, -0.1) is 13.2 Å². The molecule has 0 bridgehead atoms. The first kappa shape index (κ1) is 55.6. The smallest absolute Gasteiger partial charge is 0.246 e. The molecule has 0 spiro atoms. The lowest BCUT2D eigenvalue weighted by Gasteiger charge is -2.39. The molecule has 0 radical (unpaired) electrons. The van der Waals surface area contributed by atoms with E-state index in [2.05, 4.69) is 58.7 Å². The van der Waals surface area contributed by atoms with Gasteiger partial charge in [0.2, 0.25) is 35.4 Å². The van der Waals surface area contributed by atoms with Crippen LogP contribution in [0, 0.1) is 22.7 Å². The highest BCUT2D eigenvalue weighted by Gasteiger charge is 2.44. The molecular formula is C56H84N8O6. The van der Waals surface area contributed by atoms with Crippen LogP contribution in [0.3, 0.4) is 0 Å². The normalized spacial score (nSPS) is 21.2. The Kier molecular flexibility index (Phi) is 20.4. The molecule has 2 aliphatic heterocycles. The number of hydrogen-bond acceptors (Lipinski definition) is 8. The van der Waals surface area contributed by atoms with Gasteiger partial charge in [-0.2, -0.15) is 0 Å². The highest BCUT2D eigenvalue weighted by atomic mass is 16.2. The standard InChI is InChI=1S/C56H84N8O6/c1-11-45(57-9)49(65)59-47(55(3,4)5)53(69)63-33-19-25-43(63)37-61(35-31-39-21-15-13-16-22-39)51(67)41-27-29-42(30-28-41)52(68)62(36-32-40-23-17-14-18-24-40)38-44-26-20-34-64(44)54(70)48(56(6,7)8)60-50(66)46(12-2)58-10/h11-18,21-24,41-48,57-58H,1-2,19-20,25-38H2,3-10H3,(H,59,65)(H,60,66)/t41?,42?,43-,44-,45-,46-,47+,48+/m0/s1. The Hall–Kier alpha value is -5.34. The Balaban J connectivity index is 1.31. The van der Waals surface area contributed by atoms with Gasteiger partial charge in [-0.1, -0.05) is 114 Å². The van der Waals surface area contributed by atoms with Crippen LogP contribution in [0.2, 0.25) is 0 Å². The molecule has 2 heterocycles. The van der Waals surface area contributed by atoms with E-state index >= 15 is 0 Å². The maximum Gasteiger partial charge on any atom is 0.246 e. The number of nitrogens with zero attached hydrogens (tertiary/aromatic N) is 4. The van der Waals surface area contributed by atoms with Crippen molar-refractivity contribution in [3.8, 4) is 0 Å². The maximum atomic E-state index is 14.8. The SMILES string of the molecule is C=C[C@H](NC)C(=O)N[C@H](C(=O)N1CCC[C@H]1CN(CCc1ccccc1)C(=O)C1CCC(C(=O)N(CCc2ccccc2)C[C@@H]2CCCN2C(=O)[C@@H](NC(=O)[C@H](C=C)NC)C(C)(C)C)CC1)C(C)(C)C. The van der Waals surface area contributed by atoms with Crippen molar-refractivity contribution in [1.82, 2.24) is 40.9 Å². The van der Waals surface area contributed by atoms with E-state index in [9.17, 15) is 28.8 Å². The summed E-state index contributed by atoms with van der Waals surface area (Å²) in [5.41, 5.74) is 1.11. The van der Waals surface area contributed by atoms with Crippen LogP contribution in [-0.2, 0) is 41.6 Å². The molecule has 6 atom stereocenters. The summed E-state index contributed by atoms with van der Waals surface area (Å²) in [5, 5.41) is 11.9. The first-order valence-electron chi connectivity index (χ1n) is 25.8. The molecule has 3 aliphatic rings. The van der Waals surface area contributed by atoms with Crippen molar-refractivity contribution in [3.05, 3.63) is 97.1 Å². The third-order valence-electron chi connectivity index (χ3n) is 14.7. The summed E-state index contributed by atoms with van der Waals surface area (Å²) in [7, 11) is 3.36. The van der Waals surface area contributed by atoms with E-state index in [0.29, 0.717) is 77.8 Å². The van der Waals surface area contributed by atoms with E-state index in [4.69, 9.17) is 0 Å². The zero-order chi connectivity index (χ0) is 51.2. The van der Waals surface area contributed by atoms with Gasteiger partial charge in [0.25, 0.3) is 0 Å². The van der Waals surface area contributed by atoms with Crippen molar-refractivity contribution in [2.45, 2.75) is 142 Å². The molecular weight excluding hydrogens is 881 g/mol. The fourth-order valence-corrected chi connectivity index (χ4v) is 10.4. The number of nitrogens with one attached hydrogen (secondary N) is 4. The minimum atomic E-state index is -0.774. The van der Waals surface area contributed by atoms with E-state index in [-0.39, 0.29) is 59.4 Å². The number of benzene rings is 2. The van der Waals surface area contributed by atoms with Gasteiger partial charge in [0, 0.05) is 63.2 Å². The molecule has 2 saturated heterocycles. The largest absolute Gasteiger partial charge is 0.342 e. The second-order valence-electron chi connectivity index (χ2n) is 21.9. The number of carbonyl (C=O) groups is 6. The van der Waals surface area contributed by atoms with Crippen molar-refractivity contribution in [3.63, 3.8) is 0 Å². The molecule has 14 heteroatoms. The number of rotatable bonds is 22. The molecule has 384 valence electrons. The molecule has 70 heavy (non-hydrogen) atoms. The molecule has 14 nitrogen and oxygen atoms in total. The minimum absolute atomic E-state index is 0.0558. The van der Waals surface area contributed by atoms with Crippen molar-refractivity contribution >= 4 is 35.4 Å². The summed E-state index contributed by atoms with van der Waals surface area (Å²) in [5.74, 6) is -1.35. The summed E-state index contributed by atoms with van der Waals surface area (Å²) in [6, 6.07) is 17.0. The van der Waals surface area contributed by atoms with Gasteiger partial charge < -0.3 is 40.9 Å². The van der Waals surface area contributed by atoms with Crippen molar-refractivity contribution in [2.75, 3.05) is 53.4 Å². The number of likely N-dealkylation sites (tertiary alicyclic amines) is 2. The maximum absolute atomic E-state index is 14.8.